The number of thiophene rings is 1. The van der Waals surface area contributed by atoms with E-state index in [1.165, 1.54) is 23.5 Å². The number of aryl methyl sites for hydroxylation is 2. The number of rotatable bonds is 8. The van der Waals surface area contributed by atoms with Crippen LogP contribution in [0.2, 0.25) is 0 Å². The van der Waals surface area contributed by atoms with Crippen LogP contribution in [0.4, 0.5) is 9.39 Å². The van der Waals surface area contributed by atoms with E-state index in [0.717, 1.165) is 34.6 Å². The van der Waals surface area contributed by atoms with Gasteiger partial charge in [0.1, 0.15) is 22.3 Å². The number of nitrogens with one attached hydrogen (secondary N) is 1. The predicted molar refractivity (Wildman–Crippen MR) is 136 cm³/mol. The number of amides is 2. The maximum atomic E-state index is 13.6. The summed E-state index contributed by atoms with van der Waals surface area (Å²) in [4.78, 5) is 42.6. The number of benzene rings is 1. The smallest absolute Gasteiger partial charge is 0.341 e. The molecule has 0 spiro atoms. The third kappa shape index (κ3) is 5.57. The van der Waals surface area contributed by atoms with Crippen molar-refractivity contribution >= 4 is 65.5 Å². The zero-order valence-corrected chi connectivity index (χ0v) is 22.1. The molecule has 1 aromatic carbocycles. The summed E-state index contributed by atoms with van der Waals surface area (Å²) in [6.45, 7) is 4.12. The summed E-state index contributed by atoms with van der Waals surface area (Å²) < 4.78 is 46.1. The zero-order chi connectivity index (χ0) is 26.0. The van der Waals surface area contributed by atoms with Crippen LogP contribution in [0.1, 0.15) is 41.1 Å². The Kier molecular flexibility index (Phi) is 7.71. The Balaban J connectivity index is 1.49. The van der Waals surface area contributed by atoms with Gasteiger partial charge >= 0.3 is 5.97 Å². The molecule has 0 atom stereocenters. The van der Waals surface area contributed by atoms with Gasteiger partial charge in [-0.2, -0.15) is 4.99 Å². The number of thiazole rings is 1. The molecule has 36 heavy (non-hydrogen) atoms. The average molecular weight is 554 g/mol. The van der Waals surface area contributed by atoms with Gasteiger partial charge < -0.3 is 14.6 Å². The molecule has 1 aliphatic rings. The van der Waals surface area contributed by atoms with Gasteiger partial charge in [-0.3, -0.25) is 9.59 Å². The normalized spacial score (nSPS) is 13.7. The maximum Gasteiger partial charge on any atom is 0.341 e. The van der Waals surface area contributed by atoms with Crippen molar-refractivity contribution in [3.63, 3.8) is 0 Å². The molecular weight excluding hydrogens is 529 g/mol. The molecule has 1 N–H and O–H groups in total. The van der Waals surface area contributed by atoms with Crippen molar-refractivity contribution in [1.82, 2.24) is 4.57 Å². The van der Waals surface area contributed by atoms with Gasteiger partial charge in [-0.1, -0.05) is 11.3 Å². The van der Waals surface area contributed by atoms with Gasteiger partial charge in [0.2, 0.25) is 5.91 Å². The van der Waals surface area contributed by atoms with E-state index in [1.54, 1.807) is 17.6 Å². The Morgan fingerprint density at radius 1 is 1.17 bits per heavy atom. The van der Waals surface area contributed by atoms with Gasteiger partial charge in [0.25, 0.3) is 5.91 Å². The predicted octanol–water partition coefficient (Wildman–Crippen LogP) is 3.07. The van der Waals surface area contributed by atoms with Crippen LogP contribution in [0.15, 0.2) is 23.2 Å². The number of ether oxygens (including phenoxy) is 1. The highest BCUT2D eigenvalue weighted by molar-refractivity contribution is 7.92. The number of sulfone groups is 1. The molecule has 0 fully saturated rings. The molecule has 9 nitrogen and oxygen atoms in total. The number of hydrogen-bond donors (Lipinski definition) is 1. The molecule has 0 radical (unpaired) electrons. The number of hydrogen-bond acceptors (Lipinski definition) is 8. The van der Waals surface area contributed by atoms with E-state index in [1.807, 2.05) is 6.92 Å². The van der Waals surface area contributed by atoms with Crippen molar-refractivity contribution in [3.8, 4) is 0 Å². The zero-order valence-electron chi connectivity index (χ0n) is 19.6. The minimum Gasteiger partial charge on any atom is -0.462 e. The fourth-order valence-electron chi connectivity index (χ4n) is 4.09. The number of anilines is 1. The van der Waals surface area contributed by atoms with Gasteiger partial charge in [-0.05, 0) is 56.9 Å². The Hall–Kier alpha value is -2.90. The Morgan fingerprint density at radius 2 is 1.94 bits per heavy atom. The molecule has 2 amide bonds. The van der Waals surface area contributed by atoms with Gasteiger partial charge in [0.05, 0.1) is 22.4 Å². The van der Waals surface area contributed by atoms with Crippen LogP contribution in [-0.2, 0) is 43.5 Å². The number of aromatic nitrogens is 1. The van der Waals surface area contributed by atoms with Crippen molar-refractivity contribution in [2.75, 3.05) is 23.4 Å². The van der Waals surface area contributed by atoms with E-state index in [9.17, 15) is 27.2 Å². The second kappa shape index (κ2) is 10.6. The van der Waals surface area contributed by atoms with Crippen molar-refractivity contribution in [2.24, 2.45) is 4.99 Å². The van der Waals surface area contributed by atoms with Crippen molar-refractivity contribution < 1.29 is 31.9 Å². The van der Waals surface area contributed by atoms with Crippen molar-refractivity contribution in [2.45, 2.75) is 39.7 Å². The number of fused-ring (bicyclic) bond motifs is 2. The molecule has 0 saturated carbocycles. The van der Waals surface area contributed by atoms with Crippen LogP contribution in [0.3, 0.4) is 0 Å². The fraction of sp³-hybridized carbons (Fsp3) is 0.391. The Labute approximate surface area is 214 Å². The van der Waals surface area contributed by atoms with Crippen LogP contribution in [0.5, 0.6) is 0 Å². The first-order valence-electron chi connectivity index (χ1n) is 11.3. The molecule has 0 bridgehead atoms. The lowest BCUT2D eigenvalue weighted by Crippen LogP contribution is -2.28. The molecular formula is C23H24FN3O6S3. The summed E-state index contributed by atoms with van der Waals surface area (Å²) in [5.74, 6) is -4.67. The average Bonchev–Trinajstić information content (AvgIpc) is 3.44. The van der Waals surface area contributed by atoms with E-state index >= 15 is 0 Å². The van der Waals surface area contributed by atoms with Crippen LogP contribution >= 0.6 is 22.7 Å². The summed E-state index contributed by atoms with van der Waals surface area (Å²) >= 11 is 2.31. The largest absolute Gasteiger partial charge is 0.462 e. The van der Waals surface area contributed by atoms with Gasteiger partial charge in [0, 0.05) is 11.4 Å². The second-order valence-electron chi connectivity index (χ2n) is 8.11. The Bertz CT molecular complexity index is 1530. The lowest BCUT2D eigenvalue weighted by atomic mass is 10.1. The van der Waals surface area contributed by atoms with Crippen molar-refractivity contribution in [1.29, 1.82) is 0 Å². The molecule has 4 rings (SSSR count). The second-order valence-corrected chi connectivity index (χ2v) is 12.3. The first-order valence-corrected chi connectivity index (χ1v) is 14.8. The van der Waals surface area contributed by atoms with E-state index < -0.39 is 44.9 Å². The summed E-state index contributed by atoms with van der Waals surface area (Å²) in [6.07, 6.45) is 2.36. The highest BCUT2D eigenvalue weighted by Gasteiger charge is 2.29. The number of halogens is 1. The summed E-state index contributed by atoms with van der Waals surface area (Å²) in [5.41, 5.74) is 1.78. The van der Waals surface area contributed by atoms with Gasteiger partial charge in [-0.15, -0.1) is 11.3 Å². The van der Waals surface area contributed by atoms with E-state index in [-0.39, 0.29) is 22.0 Å². The SMILES string of the molecule is CCOC(=O)c1c(NC(=O)CS(=O)(=O)CC(=O)N=c2sc3cc(F)ccc3n2CC)sc2c1CCC2. The monoisotopic (exact) mass is 553 g/mol. The molecule has 192 valence electrons. The lowest BCUT2D eigenvalue weighted by Gasteiger charge is -2.08. The molecule has 13 heteroatoms. The molecule has 2 heterocycles. The maximum absolute atomic E-state index is 13.6. The first kappa shape index (κ1) is 26.2. The van der Waals surface area contributed by atoms with Crippen LogP contribution in [0.25, 0.3) is 10.2 Å². The van der Waals surface area contributed by atoms with Crippen LogP contribution in [-0.4, -0.2) is 48.9 Å². The molecule has 2 aromatic heterocycles. The van der Waals surface area contributed by atoms with Crippen molar-refractivity contribution in [3.05, 3.63) is 44.8 Å². The minimum atomic E-state index is -4.15. The number of nitrogens with zero attached hydrogens (tertiary/aromatic N) is 2. The van der Waals surface area contributed by atoms with E-state index in [2.05, 4.69) is 10.3 Å². The van der Waals surface area contributed by atoms with E-state index in [0.29, 0.717) is 23.2 Å². The van der Waals surface area contributed by atoms with Gasteiger partial charge in [0.15, 0.2) is 14.6 Å². The topological polar surface area (TPSA) is 124 Å². The molecule has 1 aliphatic carbocycles. The summed E-state index contributed by atoms with van der Waals surface area (Å²) in [5, 5.41) is 2.78. The number of carbonyl (C=O) groups is 3. The highest BCUT2D eigenvalue weighted by atomic mass is 32.2. The molecule has 0 unspecified atom stereocenters. The van der Waals surface area contributed by atoms with E-state index in [4.69, 9.17) is 4.74 Å². The minimum absolute atomic E-state index is 0.170. The van der Waals surface area contributed by atoms with Crippen LogP contribution in [0, 0.1) is 5.82 Å². The fourth-order valence-corrected chi connectivity index (χ4v) is 7.53. The standard InChI is InChI=1S/C23H24FN3O6S3/c1-3-27-15-9-8-13(24)10-17(15)35-23(27)26-19(29)12-36(31,32)11-18(28)25-21-20(22(30)33-4-2)14-6-5-7-16(14)34-21/h8-10H,3-7,11-12H2,1-2H3,(H,25,28). The quantitative estimate of drug-likeness (QED) is 0.428. The number of esters is 1. The summed E-state index contributed by atoms with van der Waals surface area (Å²) in [6, 6.07) is 4.19. The van der Waals surface area contributed by atoms with Crippen LogP contribution < -0.4 is 10.1 Å². The summed E-state index contributed by atoms with van der Waals surface area (Å²) in [7, 11) is -4.15. The first-order chi connectivity index (χ1) is 17.1. The third-order valence-corrected chi connectivity index (χ3v) is 9.17. The van der Waals surface area contributed by atoms with Gasteiger partial charge in [-0.25, -0.2) is 17.6 Å². The molecule has 3 aromatic rings. The highest BCUT2D eigenvalue weighted by Crippen LogP contribution is 2.39. The Morgan fingerprint density at radius 3 is 2.67 bits per heavy atom. The molecule has 0 aliphatic heterocycles. The lowest BCUT2D eigenvalue weighted by molar-refractivity contribution is -0.115. The third-order valence-electron chi connectivity index (χ3n) is 5.53. The molecule has 0 saturated heterocycles. The number of carbonyl (C=O) groups excluding carboxylic acids is 3.